The van der Waals surface area contributed by atoms with E-state index in [1.807, 2.05) is 6.92 Å². The Hall–Kier alpha value is -1.89. The van der Waals surface area contributed by atoms with Crippen LogP contribution in [-0.4, -0.2) is 36.7 Å². The molecule has 0 saturated heterocycles. The molecule has 1 rings (SSSR count). The first-order chi connectivity index (χ1) is 7.95. The molecule has 1 aromatic rings. The van der Waals surface area contributed by atoms with E-state index in [4.69, 9.17) is 10.5 Å². The number of pyridine rings is 1. The lowest BCUT2D eigenvalue weighted by Gasteiger charge is -2.25. The van der Waals surface area contributed by atoms with Crippen molar-refractivity contribution in [3.8, 4) is 0 Å². The minimum Gasteiger partial charge on any atom is -0.383 e. The Morgan fingerprint density at radius 1 is 1.65 bits per heavy atom. The van der Waals surface area contributed by atoms with Crippen molar-refractivity contribution in [1.29, 1.82) is 0 Å². The average Bonchev–Trinajstić information content (AvgIpc) is 2.27. The topological polar surface area (TPSA) is 94.5 Å². The molecular formula is C10H16N4O3. The van der Waals surface area contributed by atoms with E-state index in [9.17, 15) is 10.1 Å². The van der Waals surface area contributed by atoms with E-state index in [0.717, 1.165) is 0 Å². The summed E-state index contributed by atoms with van der Waals surface area (Å²) < 4.78 is 5.02. The van der Waals surface area contributed by atoms with Crippen LogP contribution in [0.4, 0.5) is 17.3 Å². The number of nitrogens with zero attached hydrogens (tertiary/aromatic N) is 3. The fraction of sp³-hybridized carbons (Fsp3) is 0.500. The first kappa shape index (κ1) is 13.2. The minimum atomic E-state index is -0.490. The minimum absolute atomic E-state index is 0.0499. The molecule has 1 aromatic heterocycles. The van der Waals surface area contributed by atoms with Crippen LogP contribution in [0.1, 0.15) is 6.92 Å². The first-order valence-electron chi connectivity index (χ1n) is 5.09. The highest BCUT2D eigenvalue weighted by molar-refractivity contribution is 5.54. The third-order valence-corrected chi connectivity index (χ3v) is 2.46. The molecule has 1 unspecified atom stereocenters. The third-order valence-electron chi connectivity index (χ3n) is 2.46. The van der Waals surface area contributed by atoms with Crippen molar-refractivity contribution in [2.45, 2.75) is 13.0 Å². The summed E-state index contributed by atoms with van der Waals surface area (Å²) in [5, 5.41) is 10.7. The molecule has 0 aliphatic carbocycles. The normalized spacial score (nSPS) is 12.2. The van der Waals surface area contributed by atoms with Gasteiger partial charge in [0.25, 0.3) is 5.69 Å². The SMILES string of the molecule is COCC(C)N(C)c1cc([N+](=O)[O-])cc(N)n1. The summed E-state index contributed by atoms with van der Waals surface area (Å²) in [6, 6.07) is 2.68. The summed E-state index contributed by atoms with van der Waals surface area (Å²) in [7, 11) is 3.38. The highest BCUT2D eigenvalue weighted by atomic mass is 16.6. The lowest BCUT2D eigenvalue weighted by molar-refractivity contribution is -0.384. The van der Waals surface area contributed by atoms with E-state index in [-0.39, 0.29) is 17.5 Å². The van der Waals surface area contributed by atoms with Crippen molar-refractivity contribution in [2.24, 2.45) is 0 Å². The first-order valence-corrected chi connectivity index (χ1v) is 5.09. The molecule has 0 saturated carbocycles. The fourth-order valence-electron chi connectivity index (χ4n) is 1.39. The molecule has 94 valence electrons. The second-order valence-electron chi connectivity index (χ2n) is 3.78. The molecule has 0 bridgehead atoms. The Morgan fingerprint density at radius 3 is 2.82 bits per heavy atom. The largest absolute Gasteiger partial charge is 0.383 e. The maximum absolute atomic E-state index is 10.7. The van der Waals surface area contributed by atoms with E-state index in [1.54, 1.807) is 19.1 Å². The number of nitro groups is 1. The highest BCUT2D eigenvalue weighted by Crippen LogP contribution is 2.22. The molecule has 0 spiro atoms. The Labute approximate surface area is 99.3 Å². The molecule has 1 atom stereocenters. The third kappa shape index (κ3) is 3.28. The zero-order valence-corrected chi connectivity index (χ0v) is 10.1. The predicted octanol–water partition coefficient (Wildman–Crippen LogP) is 1.04. The van der Waals surface area contributed by atoms with Crippen molar-refractivity contribution in [3.05, 3.63) is 22.2 Å². The molecule has 0 amide bonds. The summed E-state index contributed by atoms with van der Waals surface area (Å²) in [5.41, 5.74) is 5.47. The van der Waals surface area contributed by atoms with Crippen molar-refractivity contribution in [1.82, 2.24) is 4.98 Å². The Bertz CT molecular complexity index is 411. The summed E-state index contributed by atoms with van der Waals surface area (Å²) in [6.45, 7) is 2.43. The van der Waals surface area contributed by atoms with Crippen LogP contribution in [0.3, 0.4) is 0 Å². The van der Waals surface area contributed by atoms with E-state index in [2.05, 4.69) is 4.98 Å². The van der Waals surface area contributed by atoms with E-state index < -0.39 is 4.92 Å². The van der Waals surface area contributed by atoms with Gasteiger partial charge in [-0.2, -0.15) is 0 Å². The summed E-state index contributed by atoms with van der Waals surface area (Å²) in [6.07, 6.45) is 0. The molecule has 7 heteroatoms. The lowest BCUT2D eigenvalue weighted by atomic mass is 10.3. The highest BCUT2D eigenvalue weighted by Gasteiger charge is 2.16. The molecule has 17 heavy (non-hydrogen) atoms. The van der Waals surface area contributed by atoms with Crippen LogP contribution in [0.25, 0.3) is 0 Å². The zero-order chi connectivity index (χ0) is 13.0. The van der Waals surface area contributed by atoms with Gasteiger partial charge in [0, 0.05) is 14.2 Å². The number of likely N-dealkylation sites (N-methyl/N-ethyl adjacent to an activating group) is 1. The number of hydrogen-bond donors (Lipinski definition) is 1. The van der Waals surface area contributed by atoms with E-state index in [1.165, 1.54) is 12.1 Å². The number of hydrogen-bond acceptors (Lipinski definition) is 6. The van der Waals surface area contributed by atoms with Crippen molar-refractivity contribution in [3.63, 3.8) is 0 Å². The van der Waals surface area contributed by atoms with Crippen LogP contribution >= 0.6 is 0 Å². The van der Waals surface area contributed by atoms with Crippen LogP contribution in [0.2, 0.25) is 0 Å². The number of aromatic nitrogens is 1. The van der Waals surface area contributed by atoms with E-state index in [0.29, 0.717) is 12.4 Å². The Morgan fingerprint density at radius 2 is 2.29 bits per heavy atom. The van der Waals surface area contributed by atoms with Gasteiger partial charge in [0.2, 0.25) is 0 Å². The zero-order valence-electron chi connectivity index (χ0n) is 10.1. The van der Waals surface area contributed by atoms with Crippen molar-refractivity contribution < 1.29 is 9.66 Å². The van der Waals surface area contributed by atoms with Crippen LogP contribution in [-0.2, 0) is 4.74 Å². The van der Waals surface area contributed by atoms with Gasteiger partial charge in [-0.15, -0.1) is 0 Å². The van der Waals surface area contributed by atoms with Crippen LogP contribution in [0.5, 0.6) is 0 Å². The standard InChI is InChI=1S/C10H16N4O3/c1-7(6-17-3)13(2)10-5-8(14(15)16)4-9(11)12-10/h4-5,7H,6H2,1-3H3,(H2,11,12). The van der Waals surface area contributed by atoms with Crippen molar-refractivity contribution in [2.75, 3.05) is 31.4 Å². The summed E-state index contributed by atoms with van der Waals surface area (Å²) >= 11 is 0. The van der Waals surface area contributed by atoms with E-state index >= 15 is 0 Å². The van der Waals surface area contributed by atoms with Crippen LogP contribution < -0.4 is 10.6 Å². The molecular weight excluding hydrogens is 224 g/mol. The summed E-state index contributed by atoms with van der Waals surface area (Å²) in [4.78, 5) is 16.1. The second kappa shape index (κ2) is 5.44. The smallest absolute Gasteiger partial charge is 0.276 e. The number of anilines is 2. The molecule has 0 aliphatic rings. The monoisotopic (exact) mass is 240 g/mol. The number of nitrogen functional groups attached to an aromatic ring is 1. The molecule has 1 heterocycles. The van der Waals surface area contributed by atoms with Gasteiger partial charge in [-0.1, -0.05) is 0 Å². The number of rotatable bonds is 5. The van der Waals surface area contributed by atoms with Gasteiger partial charge < -0.3 is 15.4 Å². The molecule has 0 aliphatic heterocycles. The van der Waals surface area contributed by atoms with Gasteiger partial charge >= 0.3 is 0 Å². The molecule has 0 aromatic carbocycles. The Balaban J connectivity index is 3.01. The van der Waals surface area contributed by atoms with Crippen LogP contribution in [0, 0.1) is 10.1 Å². The van der Waals surface area contributed by atoms with Gasteiger partial charge in [-0.25, -0.2) is 4.98 Å². The van der Waals surface area contributed by atoms with Gasteiger partial charge in [-0.3, -0.25) is 10.1 Å². The fourth-order valence-corrected chi connectivity index (χ4v) is 1.39. The van der Waals surface area contributed by atoms with Gasteiger partial charge in [0.1, 0.15) is 11.6 Å². The molecule has 0 fully saturated rings. The van der Waals surface area contributed by atoms with Crippen molar-refractivity contribution >= 4 is 17.3 Å². The summed E-state index contributed by atoms with van der Waals surface area (Å²) in [5.74, 6) is 0.590. The number of nitrogens with two attached hydrogens (primary N) is 1. The lowest BCUT2D eigenvalue weighted by Crippen LogP contribution is -2.33. The number of methoxy groups -OCH3 is 1. The van der Waals surface area contributed by atoms with Gasteiger partial charge in [0.05, 0.1) is 29.7 Å². The average molecular weight is 240 g/mol. The second-order valence-corrected chi connectivity index (χ2v) is 3.78. The molecule has 2 N–H and O–H groups in total. The van der Waals surface area contributed by atoms with Gasteiger partial charge in [-0.05, 0) is 6.92 Å². The maximum Gasteiger partial charge on any atom is 0.276 e. The van der Waals surface area contributed by atoms with Gasteiger partial charge in [0.15, 0.2) is 0 Å². The quantitative estimate of drug-likeness (QED) is 0.610. The Kier molecular flexibility index (Phi) is 4.22. The predicted molar refractivity (Wildman–Crippen MR) is 65.0 cm³/mol. The van der Waals surface area contributed by atoms with Crippen LogP contribution in [0.15, 0.2) is 12.1 Å². The molecule has 7 nitrogen and oxygen atoms in total. The maximum atomic E-state index is 10.7. The number of ether oxygens (including phenoxy) is 1. The molecule has 0 radical (unpaired) electrons.